The van der Waals surface area contributed by atoms with Gasteiger partial charge in [-0.1, -0.05) is 62.3 Å². The second-order valence-electron chi connectivity index (χ2n) is 22.7. The number of carbonyl (C=O) groups is 4. The molecule has 318 valence electrons. The Labute approximate surface area is 339 Å². The molecule has 5 saturated carbocycles. The summed E-state index contributed by atoms with van der Waals surface area (Å²) in [4.78, 5) is 58.8. The van der Waals surface area contributed by atoms with E-state index in [1.54, 1.807) is 0 Å². The minimum atomic E-state index is -2.67. The average Bonchev–Trinajstić information content (AvgIpc) is 3.80. The first-order valence-electron chi connectivity index (χ1n) is 22.6. The molecule has 8 aliphatic rings. The Balaban J connectivity index is 1.05. The molecule has 0 radical (unpaired) electrons. The topological polar surface area (TPSA) is 104 Å². The number of hydrogen-bond donors (Lipinski definition) is 1. The highest BCUT2D eigenvalue weighted by molar-refractivity contribution is 6.07. The molecule has 0 bridgehead atoms. The number of aliphatic carboxylic acids is 1. The van der Waals surface area contributed by atoms with Crippen LogP contribution in [0.3, 0.4) is 0 Å². The highest BCUT2D eigenvalue weighted by Crippen LogP contribution is 2.77. The third-order valence-corrected chi connectivity index (χ3v) is 19.2. The van der Waals surface area contributed by atoms with E-state index in [0.717, 1.165) is 68.9 Å². The van der Waals surface area contributed by atoms with Crippen LogP contribution in [0, 0.1) is 68.0 Å². The van der Waals surface area contributed by atoms with Crippen molar-refractivity contribution >= 4 is 23.6 Å². The molecule has 0 spiro atoms. The Hall–Kier alpha value is -2.36. The molecule has 2 heterocycles. The van der Waals surface area contributed by atoms with E-state index in [1.165, 1.54) is 0 Å². The molecule has 10 heteroatoms. The third kappa shape index (κ3) is 5.83. The largest absolute Gasteiger partial charge is 0.481 e. The van der Waals surface area contributed by atoms with Gasteiger partial charge in [-0.25, -0.2) is 8.78 Å². The second-order valence-corrected chi connectivity index (χ2v) is 22.7. The van der Waals surface area contributed by atoms with Crippen LogP contribution in [0.5, 0.6) is 0 Å². The van der Waals surface area contributed by atoms with Crippen LogP contribution in [-0.4, -0.2) is 82.8 Å². The maximum absolute atomic E-state index is 15.2. The zero-order valence-corrected chi connectivity index (χ0v) is 36.3. The van der Waals surface area contributed by atoms with Crippen LogP contribution in [0.4, 0.5) is 8.78 Å². The number of esters is 1. The second kappa shape index (κ2) is 13.3. The van der Waals surface area contributed by atoms with Gasteiger partial charge < -0.3 is 14.7 Å². The minimum absolute atomic E-state index is 0.0174. The van der Waals surface area contributed by atoms with Crippen LogP contribution >= 0.6 is 0 Å². The van der Waals surface area contributed by atoms with Crippen molar-refractivity contribution in [2.75, 3.05) is 26.2 Å². The number of ether oxygens (including phenoxy) is 1. The molecule has 8 nitrogen and oxygen atoms in total. The normalized spacial score (nSPS) is 44.5. The van der Waals surface area contributed by atoms with Crippen molar-refractivity contribution in [2.45, 2.75) is 164 Å². The van der Waals surface area contributed by atoms with E-state index in [1.807, 2.05) is 23.6 Å². The molecule has 8 rings (SSSR count). The molecule has 6 aliphatic carbocycles. The zero-order chi connectivity index (χ0) is 41.5. The molecule has 0 aromatic carbocycles. The van der Waals surface area contributed by atoms with E-state index in [0.29, 0.717) is 44.3 Å². The van der Waals surface area contributed by atoms with Crippen LogP contribution < -0.4 is 0 Å². The lowest BCUT2D eigenvalue weighted by molar-refractivity contribution is -0.236. The number of Topliss-reactive ketones (excluding diaryl/α,β-unsaturated/α-hetero) is 1. The first kappa shape index (κ1) is 41.4. The lowest BCUT2D eigenvalue weighted by Gasteiger charge is -2.72. The van der Waals surface area contributed by atoms with Crippen LogP contribution in [0.1, 0.15) is 146 Å². The highest BCUT2D eigenvalue weighted by atomic mass is 19.3. The monoisotopic (exact) mass is 797 g/mol. The summed E-state index contributed by atoms with van der Waals surface area (Å²) in [5.41, 5.74) is 0.218. The van der Waals surface area contributed by atoms with Crippen molar-refractivity contribution in [3.05, 3.63) is 11.1 Å². The van der Waals surface area contributed by atoms with Crippen molar-refractivity contribution < 1.29 is 37.8 Å². The molecule has 57 heavy (non-hydrogen) atoms. The number of rotatable bonds is 7. The molecule has 7 fully saturated rings. The molecule has 0 unspecified atom stereocenters. The Bertz CT molecular complexity index is 1760. The fourth-order valence-electron chi connectivity index (χ4n) is 15.9. The van der Waals surface area contributed by atoms with E-state index in [9.17, 15) is 28.3 Å². The van der Waals surface area contributed by atoms with Gasteiger partial charge in [-0.15, -0.1) is 0 Å². The summed E-state index contributed by atoms with van der Waals surface area (Å²) in [5, 5.41) is 9.67. The van der Waals surface area contributed by atoms with Crippen LogP contribution in [-0.2, 0) is 23.9 Å². The smallest absolute Gasteiger partial charge is 0.309 e. The Kier molecular flexibility index (Phi) is 9.67. The number of nitrogens with zero attached hydrogens (tertiary/aromatic N) is 2. The van der Waals surface area contributed by atoms with E-state index in [4.69, 9.17) is 4.74 Å². The van der Waals surface area contributed by atoms with Gasteiger partial charge in [0, 0.05) is 43.9 Å². The number of carbonyl (C=O) groups excluding carboxylic acids is 3. The van der Waals surface area contributed by atoms with Gasteiger partial charge in [-0.05, 0) is 127 Å². The predicted molar refractivity (Wildman–Crippen MR) is 213 cm³/mol. The average molecular weight is 797 g/mol. The Morgan fingerprint density at radius 2 is 1.54 bits per heavy atom. The van der Waals surface area contributed by atoms with Crippen molar-refractivity contribution in [1.29, 1.82) is 0 Å². The van der Waals surface area contributed by atoms with Crippen molar-refractivity contribution in [1.82, 2.24) is 9.80 Å². The van der Waals surface area contributed by atoms with E-state index >= 15 is 4.79 Å². The maximum Gasteiger partial charge on any atom is 0.309 e. The van der Waals surface area contributed by atoms with Crippen molar-refractivity contribution in [2.24, 2.45) is 68.0 Å². The quantitative estimate of drug-likeness (QED) is 0.257. The number of allylic oxidation sites excluding steroid dienone is 1. The summed E-state index contributed by atoms with van der Waals surface area (Å²) < 4.78 is 34.8. The fraction of sp³-hybridized carbons (Fsp3) is 0.872. The molecular formula is C47H70F2N2O6. The molecule has 11 atom stereocenters. The van der Waals surface area contributed by atoms with Crippen LogP contribution in [0.15, 0.2) is 11.1 Å². The van der Waals surface area contributed by atoms with E-state index in [2.05, 4.69) is 48.5 Å². The number of amides is 1. The Morgan fingerprint density at radius 1 is 0.825 bits per heavy atom. The Morgan fingerprint density at radius 3 is 2.18 bits per heavy atom. The molecule has 0 aromatic rings. The number of carboxylic acids is 1. The van der Waals surface area contributed by atoms with Crippen LogP contribution in [0.2, 0.25) is 0 Å². The first-order valence-corrected chi connectivity index (χ1v) is 22.6. The van der Waals surface area contributed by atoms with Gasteiger partial charge in [0.25, 0.3) is 5.92 Å². The number of likely N-dealkylation sites (tertiary alicyclic amines) is 2. The lowest BCUT2D eigenvalue weighted by atomic mass is 9.33. The number of ketones is 1. The molecule has 0 aromatic heterocycles. The molecular weight excluding hydrogens is 727 g/mol. The van der Waals surface area contributed by atoms with Gasteiger partial charge in [-0.2, -0.15) is 0 Å². The van der Waals surface area contributed by atoms with Gasteiger partial charge in [0.1, 0.15) is 6.10 Å². The minimum Gasteiger partial charge on any atom is -0.481 e. The number of fused-ring (bicyclic) bond motifs is 7. The van der Waals surface area contributed by atoms with Gasteiger partial charge >= 0.3 is 11.9 Å². The summed E-state index contributed by atoms with van der Waals surface area (Å²) in [6.07, 6.45) is 9.23. The van der Waals surface area contributed by atoms with Gasteiger partial charge in [-0.3, -0.25) is 24.1 Å². The highest BCUT2D eigenvalue weighted by Gasteiger charge is 2.71. The lowest BCUT2D eigenvalue weighted by Crippen LogP contribution is -2.66. The molecule has 1 amide bonds. The maximum atomic E-state index is 15.2. The molecule has 2 saturated heterocycles. The van der Waals surface area contributed by atoms with E-state index in [-0.39, 0.29) is 82.7 Å². The summed E-state index contributed by atoms with van der Waals surface area (Å²) >= 11 is 0. The van der Waals surface area contributed by atoms with Gasteiger partial charge in [0.05, 0.1) is 23.8 Å². The van der Waals surface area contributed by atoms with Crippen LogP contribution in [0.25, 0.3) is 0 Å². The summed E-state index contributed by atoms with van der Waals surface area (Å²) in [6.45, 7) is 21.3. The first-order chi connectivity index (χ1) is 26.4. The standard InChI is InChI=1S/C47H70F2N2O6/c1-27(2)36-32(52)24-46(40(56)51-21-10-11-28(51)25-50-22-20-47(48,49)26-50)19-18-44(8)29(37(36)46)12-13-34-43(7)16-15-35(42(5,6)33(43)14-17-45(34,44)9)57-39(55)31-23-30(38(53)54)41(31,3)4/h27-31,33-35H,10-26H2,1-9H3,(H,53,54)/t28-,29+,30-,31+,33-,34+,35-,43-,44+,45+,46+/m0/s1. The number of hydrogen-bond acceptors (Lipinski definition) is 6. The number of halogens is 2. The van der Waals surface area contributed by atoms with Crippen molar-refractivity contribution in [3.63, 3.8) is 0 Å². The molecule has 1 N–H and O–H groups in total. The SMILES string of the molecule is CC(C)C1=C2[C@H]3CC[C@@H]4[C@@]5(C)CC[C@H](OC(=O)[C@H]6C[C@@H](C(=O)O)C6(C)C)C(C)(C)[C@@H]5CC[C@@]4(C)[C@]3(C)CC[C@@]2(C(=O)N2CCC[C@H]2CN2CCC(F)(F)C2)CC1=O. The summed E-state index contributed by atoms with van der Waals surface area (Å²) in [6, 6.07) is -0.100. The van der Waals surface area contributed by atoms with Gasteiger partial charge in [0.2, 0.25) is 5.91 Å². The summed E-state index contributed by atoms with van der Waals surface area (Å²) in [7, 11) is 0. The van der Waals surface area contributed by atoms with E-state index < -0.39 is 34.6 Å². The fourth-order valence-corrected chi connectivity index (χ4v) is 15.9. The number of alkyl halides is 2. The predicted octanol–water partition coefficient (Wildman–Crippen LogP) is 8.96. The third-order valence-electron chi connectivity index (χ3n) is 19.2. The number of carboxylic acid groups (broad SMARTS) is 1. The summed E-state index contributed by atoms with van der Waals surface area (Å²) in [5.74, 6) is -3.54. The van der Waals surface area contributed by atoms with Crippen molar-refractivity contribution in [3.8, 4) is 0 Å². The zero-order valence-electron chi connectivity index (χ0n) is 36.3. The molecule has 2 aliphatic heterocycles. The van der Waals surface area contributed by atoms with Gasteiger partial charge in [0.15, 0.2) is 5.78 Å².